The fraction of sp³-hybridized carbons (Fsp3) is 0.222. The molecule has 2 aromatic rings. The number of carbonyl (C=O) groups is 1. The summed E-state index contributed by atoms with van der Waals surface area (Å²) >= 11 is 0. The molecule has 1 aliphatic heterocycles. The van der Waals surface area contributed by atoms with E-state index >= 15 is 0 Å². The van der Waals surface area contributed by atoms with E-state index in [0.717, 1.165) is 11.1 Å². The highest BCUT2D eigenvalue weighted by Gasteiger charge is 2.28. The number of carbonyl (C=O) groups excluding carboxylic acids is 1. The van der Waals surface area contributed by atoms with Crippen molar-refractivity contribution in [2.24, 2.45) is 4.99 Å². The average molecular weight is 278 g/mol. The zero-order chi connectivity index (χ0) is 14.7. The van der Waals surface area contributed by atoms with Crippen molar-refractivity contribution >= 4 is 11.6 Å². The van der Waals surface area contributed by atoms with E-state index in [0.29, 0.717) is 12.1 Å². The molecule has 1 amide bonds. The number of hydrogen-bond acceptors (Lipinski definition) is 2. The summed E-state index contributed by atoms with van der Waals surface area (Å²) in [5, 5.41) is 3.03. The number of aliphatic imine (C=N–C) groups is 1. The number of amides is 1. The van der Waals surface area contributed by atoms with Crippen LogP contribution in [0, 0.1) is 0 Å². The Kier molecular flexibility index (Phi) is 3.82. The van der Waals surface area contributed by atoms with Gasteiger partial charge in [-0.1, -0.05) is 60.7 Å². The van der Waals surface area contributed by atoms with Gasteiger partial charge in [-0.3, -0.25) is 9.79 Å². The van der Waals surface area contributed by atoms with Crippen LogP contribution in [-0.4, -0.2) is 17.7 Å². The van der Waals surface area contributed by atoms with Crippen LogP contribution >= 0.6 is 0 Å². The monoisotopic (exact) mass is 278 g/mol. The molecule has 3 rings (SSSR count). The van der Waals surface area contributed by atoms with Crippen molar-refractivity contribution in [1.82, 2.24) is 5.32 Å². The lowest BCUT2D eigenvalue weighted by atomic mass is 9.97. The molecule has 0 bridgehead atoms. The van der Waals surface area contributed by atoms with E-state index in [1.165, 1.54) is 0 Å². The van der Waals surface area contributed by atoms with Crippen LogP contribution in [0.1, 0.15) is 24.1 Å². The van der Waals surface area contributed by atoms with E-state index in [2.05, 4.69) is 17.4 Å². The summed E-state index contributed by atoms with van der Waals surface area (Å²) in [4.78, 5) is 16.9. The van der Waals surface area contributed by atoms with E-state index in [4.69, 9.17) is 4.99 Å². The Morgan fingerprint density at radius 3 is 2.29 bits per heavy atom. The molecule has 0 spiro atoms. The molecule has 3 heteroatoms. The molecule has 1 N–H and O–H groups in total. The van der Waals surface area contributed by atoms with Gasteiger partial charge in [0, 0.05) is 6.42 Å². The fourth-order valence-corrected chi connectivity index (χ4v) is 2.64. The first kappa shape index (κ1) is 13.6. The molecule has 0 radical (unpaired) electrons. The highest BCUT2D eigenvalue weighted by atomic mass is 16.2. The zero-order valence-electron chi connectivity index (χ0n) is 12.0. The van der Waals surface area contributed by atoms with Crippen molar-refractivity contribution in [2.45, 2.75) is 25.4 Å². The van der Waals surface area contributed by atoms with E-state index in [1.807, 2.05) is 55.5 Å². The van der Waals surface area contributed by atoms with Crippen LogP contribution in [0.2, 0.25) is 0 Å². The standard InChI is InChI=1S/C18H18N2O/c1-13-17(15-10-6-3-7-11-15)20-16(18(21)19-13)12-14-8-4-2-5-9-14/h2-11,13,17H,12H2,1H3,(H,19,21). The predicted molar refractivity (Wildman–Crippen MR) is 84.4 cm³/mol. The molecule has 2 aromatic carbocycles. The molecule has 1 heterocycles. The molecule has 21 heavy (non-hydrogen) atoms. The maximum atomic E-state index is 12.1. The Hall–Kier alpha value is -2.42. The minimum Gasteiger partial charge on any atom is -0.346 e. The molecular weight excluding hydrogens is 260 g/mol. The molecule has 0 fully saturated rings. The molecule has 0 saturated carbocycles. The maximum absolute atomic E-state index is 12.1. The van der Waals surface area contributed by atoms with Gasteiger partial charge in [-0.05, 0) is 18.1 Å². The number of benzene rings is 2. The summed E-state index contributed by atoms with van der Waals surface area (Å²) < 4.78 is 0. The summed E-state index contributed by atoms with van der Waals surface area (Å²) in [6, 6.07) is 20.1. The zero-order valence-corrected chi connectivity index (χ0v) is 12.0. The third kappa shape index (κ3) is 3.02. The Bertz CT molecular complexity index is 649. The van der Waals surface area contributed by atoms with Gasteiger partial charge >= 0.3 is 0 Å². The molecule has 0 aromatic heterocycles. The summed E-state index contributed by atoms with van der Waals surface area (Å²) in [5.41, 5.74) is 2.84. The second-order valence-corrected chi connectivity index (χ2v) is 5.36. The molecule has 0 saturated heterocycles. The number of rotatable bonds is 3. The van der Waals surface area contributed by atoms with Crippen molar-refractivity contribution in [3.63, 3.8) is 0 Å². The molecule has 106 valence electrons. The molecule has 2 unspecified atom stereocenters. The Balaban J connectivity index is 1.89. The number of nitrogens with zero attached hydrogens (tertiary/aromatic N) is 1. The van der Waals surface area contributed by atoms with Crippen molar-refractivity contribution in [3.05, 3.63) is 71.8 Å². The molecular formula is C18H18N2O. The lowest BCUT2D eigenvalue weighted by Gasteiger charge is -2.28. The van der Waals surface area contributed by atoms with Crippen molar-refractivity contribution in [1.29, 1.82) is 0 Å². The van der Waals surface area contributed by atoms with Gasteiger partial charge in [-0.25, -0.2) is 0 Å². The molecule has 2 atom stereocenters. The van der Waals surface area contributed by atoms with Gasteiger partial charge in [0.1, 0.15) is 5.71 Å². The van der Waals surface area contributed by atoms with Gasteiger partial charge in [-0.15, -0.1) is 0 Å². The third-order valence-corrected chi connectivity index (χ3v) is 3.74. The summed E-state index contributed by atoms with van der Waals surface area (Å²) in [6.07, 6.45) is 0.572. The minimum atomic E-state index is -0.0569. The van der Waals surface area contributed by atoms with Gasteiger partial charge in [0.05, 0.1) is 12.1 Å². The van der Waals surface area contributed by atoms with Gasteiger partial charge in [-0.2, -0.15) is 0 Å². The first-order chi connectivity index (χ1) is 10.2. The second kappa shape index (κ2) is 5.92. The molecule has 0 aliphatic carbocycles. The summed E-state index contributed by atoms with van der Waals surface area (Å²) in [7, 11) is 0. The second-order valence-electron chi connectivity index (χ2n) is 5.36. The predicted octanol–water partition coefficient (Wildman–Crippen LogP) is 2.93. The quantitative estimate of drug-likeness (QED) is 0.921. The van der Waals surface area contributed by atoms with Crippen molar-refractivity contribution in [3.8, 4) is 0 Å². The van der Waals surface area contributed by atoms with Gasteiger partial charge in [0.25, 0.3) is 5.91 Å². The summed E-state index contributed by atoms with van der Waals surface area (Å²) in [5.74, 6) is -0.0569. The van der Waals surface area contributed by atoms with Gasteiger partial charge < -0.3 is 5.32 Å². The number of hydrogen-bond donors (Lipinski definition) is 1. The third-order valence-electron chi connectivity index (χ3n) is 3.74. The van der Waals surface area contributed by atoms with Crippen LogP contribution in [-0.2, 0) is 11.2 Å². The number of nitrogens with one attached hydrogen (secondary N) is 1. The van der Waals surface area contributed by atoms with Crippen LogP contribution in [0.4, 0.5) is 0 Å². The average Bonchev–Trinajstić information content (AvgIpc) is 2.52. The Morgan fingerprint density at radius 1 is 1.00 bits per heavy atom. The topological polar surface area (TPSA) is 41.5 Å². The first-order valence-electron chi connectivity index (χ1n) is 7.20. The van der Waals surface area contributed by atoms with Crippen LogP contribution in [0.5, 0.6) is 0 Å². The normalized spacial score (nSPS) is 21.6. The highest BCUT2D eigenvalue weighted by molar-refractivity contribution is 6.39. The van der Waals surface area contributed by atoms with Crippen LogP contribution in [0.15, 0.2) is 65.7 Å². The minimum absolute atomic E-state index is 0.0115. The van der Waals surface area contributed by atoms with Crippen molar-refractivity contribution < 1.29 is 4.79 Å². The lowest BCUT2D eigenvalue weighted by molar-refractivity contribution is -0.116. The Labute approximate surface area is 124 Å². The molecule has 3 nitrogen and oxygen atoms in total. The Morgan fingerprint density at radius 2 is 1.62 bits per heavy atom. The van der Waals surface area contributed by atoms with Crippen molar-refractivity contribution in [2.75, 3.05) is 0 Å². The summed E-state index contributed by atoms with van der Waals surface area (Å²) in [6.45, 7) is 2.00. The molecule has 1 aliphatic rings. The van der Waals surface area contributed by atoms with Gasteiger partial charge in [0.2, 0.25) is 0 Å². The van der Waals surface area contributed by atoms with Crippen LogP contribution in [0.25, 0.3) is 0 Å². The van der Waals surface area contributed by atoms with E-state index in [9.17, 15) is 4.79 Å². The highest BCUT2D eigenvalue weighted by Crippen LogP contribution is 2.24. The smallest absolute Gasteiger partial charge is 0.265 e. The fourth-order valence-electron chi connectivity index (χ4n) is 2.64. The lowest BCUT2D eigenvalue weighted by Crippen LogP contribution is -2.45. The van der Waals surface area contributed by atoms with E-state index in [-0.39, 0.29) is 18.0 Å². The first-order valence-corrected chi connectivity index (χ1v) is 7.20. The van der Waals surface area contributed by atoms with E-state index in [1.54, 1.807) is 0 Å². The SMILES string of the molecule is CC1NC(=O)C(Cc2ccccc2)=NC1c1ccccc1. The van der Waals surface area contributed by atoms with Crippen LogP contribution < -0.4 is 5.32 Å². The van der Waals surface area contributed by atoms with Crippen LogP contribution in [0.3, 0.4) is 0 Å². The largest absolute Gasteiger partial charge is 0.346 e. The van der Waals surface area contributed by atoms with E-state index < -0.39 is 0 Å². The van der Waals surface area contributed by atoms with Gasteiger partial charge in [0.15, 0.2) is 0 Å². The maximum Gasteiger partial charge on any atom is 0.265 e.